The number of halogens is 1. The maximum atomic E-state index is 12.0. The van der Waals surface area contributed by atoms with Crippen LogP contribution in [0.15, 0.2) is 16.6 Å². The second-order valence-electron chi connectivity index (χ2n) is 5.56. The van der Waals surface area contributed by atoms with Crippen molar-refractivity contribution in [2.45, 2.75) is 38.8 Å². The molecule has 2 aliphatic heterocycles. The van der Waals surface area contributed by atoms with E-state index in [4.69, 9.17) is 0 Å². The minimum atomic E-state index is -0.226. The third kappa shape index (κ3) is 2.23. The van der Waals surface area contributed by atoms with E-state index in [2.05, 4.69) is 50.5 Å². The van der Waals surface area contributed by atoms with Crippen LogP contribution in [0.2, 0.25) is 0 Å². The number of nitrogens with one attached hydrogen (secondary N) is 2. The Hall–Kier alpha value is -1.07. The van der Waals surface area contributed by atoms with Crippen LogP contribution in [-0.2, 0) is 4.79 Å². The van der Waals surface area contributed by atoms with Crippen LogP contribution in [-0.4, -0.2) is 25.0 Å². The highest BCUT2D eigenvalue weighted by Gasteiger charge is 2.32. The lowest BCUT2D eigenvalue weighted by Gasteiger charge is -2.26. The van der Waals surface area contributed by atoms with Crippen molar-refractivity contribution < 1.29 is 4.79 Å². The quantitative estimate of drug-likeness (QED) is 0.890. The molecule has 2 unspecified atom stereocenters. The molecule has 1 aromatic carbocycles. The van der Waals surface area contributed by atoms with Gasteiger partial charge in [0.05, 0.1) is 5.69 Å². The van der Waals surface area contributed by atoms with Gasteiger partial charge in [-0.2, -0.15) is 0 Å². The number of hydrogen-bond acceptors (Lipinski definition) is 3. The monoisotopic (exact) mass is 337 g/mol. The number of fused-ring (bicyclic) bond motifs is 1. The van der Waals surface area contributed by atoms with E-state index < -0.39 is 0 Å². The van der Waals surface area contributed by atoms with Crippen molar-refractivity contribution in [1.82, 2.24) is 5.32 Å². The van der Waals surface area contributed by atoms with Gasteiger partial charge in [0.2, 0.25) is 5.91 Å². The molecule has 1 aromatic rings. The van der Waals surface area contributed by atoms with Gasteiger partial charge in [-0.05, 0) is 54.4 Å². The molecule has 2 aliphatic rings. The Morgan fingerprint density at radius 1 is 1.50 bits per heavy atom. The lowest BCUT2D eigenvalue weighted by atomic mass is 10.1. The van der Waals surface area contributed by atoms with Crippen LogP contribution in [0.3, 0.4) is 0 Å². The first kappa shape index (κ1) is 13.9. The van der Waals surface area contributed by atoms with Crippen LogP contribution < -0.4 is 15.5 Å². The maximum Gasteiger partial charge on any atom is 0.246 e. The first-order valence-corrected chi connectivity index (χ1v) is 8.05. The molecule has 0 aromatic heterocycles. The van der Waals surface area contributed by atoms with Crippen LogP contribution in [0.25, 0.3) is 0 Å². The number of rotatable bonds is 3. The predicted octanol–water partition coefficient (Wildman–Crippen LogP) is 3.04. The number of nitrogens with zero attached hydrogens (tertiary/aromatic N) is 1. The molecular formula is C15H20BrN3O. The van der Waals surface area contributed by atoms with Crippen LogP contribution >= 0.6 is 15.9 Å². The summed E-state index contributed by atoms with van der Waals surface area (Å²) >= 11 is 3.68. The molecule has 0 radical (unpaired) electrons. The van der Waals surface area contributed by atoms with E-state index in [1.54, 1.807) is 0 Å². The van der Waals surface area contributed by atoms with Crippen LogP contribution in [0, 0.1) is 0 Å². The molecule has 5 heteroatoms. The van der Waals surface area contributed by atoms with Gasteiger partial charge in [-0.15, -0.1) is 0 Å². The minimum absolute atomic E-state index is 0.0420. The summed E-state index contributed by atoms with van der Waals surface area (Å²) in [4.78, 5) is 14.4. The second-order valence-corrected chi connectivity index (χ2v) is 6.41. The zero-order valence-corrected chi connectivity index (χ0v) is 13.5. The number of benzene rings is 1. The van der Waals surface area contributed by atoms with Gasteiger partial charge in [-0.1, -0.05) is 6.92 Å². The topological polar surface area (TPSA) is 44.4 Å². The van der Waals surface area contributed by atoms with Gasteiger partial charge in [0.1, 0.15) is 6.04 Å². The second kappa shape index (κ2) is 5.37. The predicted molar refractivity (Wildman–Crippen MR) is 85.2 cm³/mol. The zero-order valence-electron chi connectivity index (χ0n) is 11.9. The highest BCUT2D eigenvalue weighted by molar-refractivity contribution is 9.10. The Bertz CT molecular complexity index is 546. The molecule has 2 heterocycles. The van der Waals surface area contributed by atoms with E-state index in [1.807, 2.05) is 6.92 Å². The third-order valence-corrected chi connectivity index (χ3v) is 4.86. The highest BCUT2D eigenvalue weighted by Crippen LogP contribution is 2.40. The molecule has 2 N–H and O–H groups in total. The maximum absolute atomic E-state index is 12.0. The summed E-state index contributed by atoms with van der Waals surface area (Å²) in [7, 11) is 0. The van der Waals surface area contributed by atoms with Gasteiger partial charge >= 0.3 is 0 Å². The zero-order chi connectivity index (χ0) is 14.3. The van der Waals surface area contributed by atoms with Crippen molar-refractivity contribution in [3.8, 4) is 0 Å². The van der Waals surface area contributed by atoms with Crippen molar-refractivity contribution in [3.63, 3.8) is 0 Å². The average Bonchev–Trinajstić information content (AvgIpc) is 2.95. The van der Waals surface area contributed by atoms with Gasteiger partial charge in [0.25, 0.3) is 0 Å². The molecular weight excluding hydrogens is 318 g/mol. The Morgan fingerprint density at radius 2 is 2.30 bits per heavy atom. The number of carbonyl (C=O) groups excluding carboxylic acids is 1. The number of carbonyl (C=O) groups is 1. The van der Waals surface area contributed by atoms with Crippen LogP contribution in [0.5, 0.6) is 0 Å². The molecule has 20 heavy (non-hydrogen) atoms. The summed E-state index contributed by atoms with van der Waals surface area (Å²) in [6.07, 6.45) is 2.47. The molecule has 1 fully saturated rings. The molecule has 0 saturated carbocycles. The minimum Gasteiger partial charge on any atom is -0.368 e. The standard InChI is InChI=1S/C15H20BrN3O/c1-3-17-14-10-7-11(16)13(8-12(10)18-15(14)20)19-6-4-5-9(19)2/h7-9,14,17H,3-6H2,1-2H3,(H,18,20). The van der Waals surface area contributed by atoms with E-state index >= 15 is 0 Å². The number of anilines is 2. The smallest absolute Gasteiger partial charge is 0.246 e. The van der Waals surface area contributed by atoms with E-state index in [-0.39, 0.29) is 11.9 Å². The Labute approximate surface area is 128 Å². The van der Waals surface area contributed by atoms with Crippen molar-refractivity contribution >= 4 is 33.2 Å². The Kier molecular flexibility index (Phi) is 3.73. The summed E-state index contributed by atoms with van der Waals surface area (Å²) < 4.78 is 1.07. The lowest BCUT2D eigenvalue weighted by Crippen LogP contribution is -2.27. The normalized spacial score (nSPS) is 24.9. The first-order valence-electron chi connectivity index (χ1n) is 7.26. The van der Waals surface area contributed by atoms with Crippen molar-refractivity contribution in [2.24, 2.45) is 0 Å². The fourth-order valence-corrected chi connectivity index (χ4v) is 3.78. The van der Waals surface area contributed by atoms with E-state index in [9.17, 15) is 4.79 Å². The fourth-order valence-electron chi connectivity index (χ4n) is 3.19. The first-order chi connectivity index (χ1) is 9.61. The molecule has 1 saturated heterocycles. The molecule has 0 bridgehead atoms. The Morgan fingerprint density at radius 3 is 2.95 bits per heavy atom. The third-order valence-electron chi connectivity index (χ3n) is 4.22. The summed E-state index contributed by atoms with van der Waals surface area (Å²) in [5.41, 5.74) is 3.17. The SMILES string of the molecule is CCNC1C(=O)Nc2cc(N3CCCC3C)c(Br)cc21. The molecule has 108 valence electrons. The van der Waals surface area contributed by atoms with Crippen LogP contribution in [0.4, 0.5) is 11.4 Å². The van der Waals surface area contributed by atoms with Crippen LogP contribution in [0.1, 0.15) is 38.3 Å². The highest BCUT2D eigenvalue weighted by atomic mass is 79.9. The summed E-state index contributed by atoms with van der Waals surface area (Å²) in [5.74, 6) is 0.0420. The molecule has 0 spiro atoms. The van der Waals surface area contributed by atoms with E-state index in [0.29, 0.717) is 6.04 Å². The van der Waals surface area contributed by atoms with Crippen molar-refractivity contribution in [1.29, 1.82) is 0 Å². The Balaban J connectivity index is 1.98. The lowest BCUT2D eigenvalue weighted by molar-refractivity contribution is -0.117. The average molecular weight is 338 g/mol. The van der Waals surface area contributed by atoms with Gasteiger partial charge < -0.3 is 15.5 Å². The van der Waals surface area contributed by atoms with Gasteiger partial charge in [-0.25, -0.2) is 0 Å². The van der Waals surface area contributed by atoms with Crippen molar-refractivity contribution in [2.75, 3.05) is 23.3 Å². The summed E-state index contributed by atoms with van der Waals surface area (Å²) in [6.45, 7) is 6.14. The molecule has 4 nitrogen and oxygen atoms in total. The van der Waals surface area contributed by atoms with E-state index in [1.165, 1.54) is 18.5 Å². The molecule has 2 atom stereocenters. The summed E-state index contributed by atoms with van der Waals surface area (Å²) in [6, 6.07) is 4.53. The number of hydrogen-bond donors (Lipinski definition) is 2. The number of likely N-dealkylation sites (N-methyl/N-ethyl adjacent to an activating group) is 1. The number of amides is 1. The summed E-state index contributed by atoms with van der Waals surface area (Å²) in [5, 5.41) is 6.22. The van der Waals surface area contributed by atoms with Gasteiger partial charge in [-0.3, -0.25) is 4.79 Å². The van der Waals surface area contributed by atoms with Gasteiger partial charge in [0.15, 0.2) is 0 Å². The largest absolute Gasteiger partial charge is 0.368 e. The van der Waals surface area contributed by atoms with E-state index in [0.717, 1.165) is 28.8 Å². The van der Waals surface area contributed by atoms with Crippen molar-refractivity contribution in [3.05, 3.63) is 22.2 Å². The molecule has 1 amide bonds. The van der Waals surface area contributed by atoms with Gasteiger partial charge in [0, 0.05) is 28.3 Å². The fraction of sp³-hybridized carbons (Fsp3) is 0.533. The molecule has 0 aliphatic carbocycles. The molecule has 3 rings (SSSR count).